The van der Waals surface area contributed by atoms with Gasteiger partial charge in [0.15, 0.2) is 0 Å². The van der Waals surface area contributed by atoms with Gasteiger partial charge in [0.2, 0.25) is 11.8 Å². The lowest BCUT2D eigenvalue weighted by molar-refractivity contribution is -0.126. The zero-order chi connectivity index (χ0) is 17.0. The van der Waals surface area contributed by atoms with Gasteiger partial charge in [0.1, 0.15) is 5.54 Å². The summed E-state index contributed by atoms with van der Waals surface area (Å²) in [5.41, 5.74) is 3.71. The molecule has 0 atom stereocenters. The van der Waals surface area contributed by atoms with E-state index in [2.05, 4.69) is 30.1 Å². The molecule has 0 aromatic rings. The number of hydrogen-bond acceptors (Lipinski definition) is 4. The van der Waals surface area contributed by atoms with Crippen LogP contribution in [0.3, 0.4) is 0 Å². The highest BCUT2D eigenvalue weighted by Crippen LogP contribution is 2.25. The maximum atomic E-state index is 12.1. The summed E-state index contributed by atoms with van der Waals surface area (Å²) in [7, 11) is 0. The second-order valence-corrected chi connectivity index (χ2v) is 6.97. The van der Waals surface area contributed by atoms with E-state index in [4.69, 9.17) is 5.73 Å². The van der Waals surface area contributed by atoms with Gasteiger partial charge >= 0.3 is 0 Å². The largest absolute Gasteiger partial charge is 0.369 e. The molecule has 2 amide bonds. The lowest BCUT2D eigenvalue weighted by Crippen LogP contribution is -2.55. The topological polar surface area (TPSA) is 99.2 Å². The zero-order valence-corrected chi connectivity index (χ0v) is 14.0. The number of amides is 2. The predicted molar refractivity (Wildman–Crippen MR) is 84.3 cm³/mol. The lowest BCUT2D eigenvalue weighted by atomic mass is 9.85. The van der Waals surface area contributed by atoms with Gasteiger partial charge in [-0.05, 0) is 33.1 Å². The average molecular weight is 307 g/mol. The van der Waals surface area contributed by atoms with Crippen molar-refractivity contribution < 1.29 is 9.59 Å². The first-order valence-electron chi connectivity index (χ1n) is 7.72. The standard InChI is InChI=1S/C16H27N4O2/c1-12(2)20-9-7-16(11-17,8-10-20)19-13(21)5-6-15(3,4)14(18)22/h5,12H,6-10H2,1-4H3,(H2,18,22)(H,19,21). The van der Waals surface area contributed by atoms with E-state index in [9.17, 15) is 14.9 Å². The summed E-state index contributed by atoms with van der Waals surface area (Å²) in [6.07, 6.45) is 2.90. The summed E-state index contributed by atoms with van der Waals surface area (Å²) < 4.78 is 0. The summed E-state index contributed by atoms with van der Waals surface area (Å²) in [5.74, 6) is -0.759. The quantitative estimate of drug-likeness (QED) is 0.764. The number of likely N-dealkylation sites (tertiary alicyclic amines) is 1. The molecule has 3 N–H and O–H groups in total. The molecule has 0 aromatic carbocycles. The minimum absolute atomic E-state index is 0.258. The van der Waals surface area contributed by atoms with Crippen molar-refractivity contribution in [3.8, 4) is 6.07 Å². The molecule has 1 radical (unpaired) electrons. The fourth-order valence-corrected chi connectivity index (χ4v) is 2.42. The van der Waals surface area contributed by atoms with Gasteiger partial charge in [0.05, 0.1) is 12.5 Å². The fraction of sp³-hybridized carbons (Fsp3) is 0.750. The van der Waals surface area contributed by atoms with E-state index in [0.29, 0.717) is 18.9 Å². The number of nitrogens with two attached hydrogens (primary N) is 1. The summed E-state index contributed by atoms with van der Waals surface area (Å²) in [4.78, 5) is 25.6. The Balaban J connectivity index is 2.55. The van der Waals surface area contributed by atoms with Crippen LogP contribution in [0.5, 0.6) is 0 Å². The molecule has 22 heavy (non-hydrogen) atoms. The van der Waals surface area contributed by atoms with Crippen LogP contribution in [-0.2, 0) is 9.59 Å². The van der Waals surface area contributed by atoms with Crippen molar-refractivity contribution in [1.82, 2.24) is 10.2 Å². The van der Waals surface area contributed by atoms with Crippen molar-refractivity contribution >= 4 is 11.8 Å². The van der Waals surface area contributed by atoms with E-state index in [-0.39, 0.29) is 12.3 Å². The summed E-state index contributed by atoms with van der Waals surface area (Å²) in [5, 5.41) is 12.3. The van der Waals surface area contributed by atoms with Gasteiger partial charge < -0.3 is 16.0 Å². The van der Waals surface area contributed by atoms with Crippen molar-refractivity contribution in [2.75, 3.05) is 13.1 Å². The van der Waals surface area contributed by atoms with E-state index >= 15 is 0 Å². The number of nitriles is 1. The Morgan fingerprint density at radius 3 is 2.36 bits per heavy atom. The van der Waals surface area contributed by atoms with Crippen LogP contribution in [0.2, 0.25) is 0 Å². The maximum absolute atomic E-state index is 12.1. The highest BCUT2D eigenvalue weighted by molar-refractivity contribution is 5.87. The van der Waals surface area contributed by atoms with Crippen LogP contribution in [0.4, 0.5) is 0 Å². The smallest absolute Gasteiger partial charge is 0.225 e. The number of nitrogens with one attached hydrogen (secondary N) is 1. The number of hydrogen-bond donors (Lipinski definition) is 2. The van der Waals surface area contributed by atoms with E-state index in [1.807, 2.05) is 0 Å². The molecule has 6 nitrogen and oxygen atoms in total. The van der Waals surface area contributed by atoms with Gasteiger partial charge in [-0.2, -0.15) is 5.26 Å². The lowest BCUT2D eigenvalue weighted by Gasteiger charge is -2.39. The van der Waals surface area contributed by atoms with Crippen molar-refractivity contribution in [2.45, 2.75) is 58.5 Å². The molecule has 1 aliphatic heterocycles. The Labute approximate surface area is 133 Å². The Morgan fingerprint density at radius 1 is 1.41 bits per heavy atom. The minimum atomic E-state index is -0.810. The normalized spacial score (nSPS) is 18.7. The maximum Gasteiger partial charge on any atom is 0.225 e. The molecule has 0 bridgehead atoms. The highest BCUT2D eigenvalue weighted by Gasteiger charge is 2.37. The van der Waals surface area contributed by atoms with Crippen molar-refractivity contribution in [1.29, 1.82) is 5.26 Å². The number of piperidine rings is 1. The average Bonchev–Trinajstić information content (AvgIpc) is 2.45. The molecule has 0 saturated carbocycles. The Hall–Kier alpha value is -1.61. The van der Waals surface area contributed by atoms with Gasteiger partial charge in [0.25, 0.3) is 0 Å². The third kappa shape index (κ3) is 4.70. The Bertz CT molecular complexity index is 457. The van der Waals surface area contributed by atoms with Crippen LogP contribution < -0.4 is 11.1 Å². The molecule has 0 spiro atoms. The molecule has 0 aliphatic carbocycles. The molecule has 6 heteroatoms. The summed E-state index contributed by atoms with van der Waals surface area (Å²) in [6.45, 7) is 9.21. The molecular formula is C16H27N4O2. The van der Waals surface area contributed by atoms with E-state index in [0.717, 1.165) is 13.1 Å². The predicted octanol–water partition coefficient (Wildman–Crippen LogP) is 0.975. The number of carbonyl (C=O) groups excluding carboxylic acids is 2. The number of nitrogens with zero attached hydrogens (tertiary/aromatic N) is 2. The molecule has 1 fully saturated rings. The number of primary amides is 1. The molecule has 1 rings (SSSR count). The van der Waals surface area contributed by atoms with Crippen LogP contribution in [0.1, 0.15) is 47.0 Å². The Morgan fingerprint density at radius 2 is 1.95 bits per heavy atom. The van der Waals surface area contributed by atoms with Crippen LogP contribution in [0.15, 0.2) is 0 Å². The highest BCUT2D eigenvalue weighted by atomic mass is 16.2. The SMILES string of the molecule is CC(C)N1CCC(C#N)(NC(=O)[CH]CC(C)(C)C(N)=O)CC1. The van der Waals surface area contributed by atoms with Gasteiger partial charge in [-0.1, -0.05) is 13.8 Å². The van der Waals surface area contributed by atoms with Crippen LogP contribution in [-0.4, -0.2) is 41.4 Å². The molecule has 0 aromatic heterocycles. The first-order valence-corrected chi connectivity index (χ1v) is 7.72. The molecule has 1 heterocycles. The summed E-state index contributed by atoms with van der Waals surface area (Å²) in [6, 6.07) is 2.70. The Kier molecular flexibility index (Phi) is 5.95. The van der Waals surface area contributed by atoms with Crippen LogP contribution >= 0.6 is 0 Å². The molecule has 0 unspecified atom stereocenters. The third-order valence-corrected chi connectivity index (χ3v) is 4.42. The van der Waals surface area contributed by atoms with Gasteiger partial charge in [-0.3, -0.25) is 9.59 Å². The van der Waals surface area contributed by atoms with Gasteiger partial charge in [-0.25, -0.2) is 0 Å². The molecular weight excluding hydrogens is 280 g/mol. The van der Waals surface area contributed by atoms with E-state index in [1.165, 1.54) is 6.42 Å². The molecule has 1 aliphatic rings. The molecule has 123 valence electrons. The second-order valence-electron chi connectivity index (χ2n) is 6.97. The monoisotopic (exact) mass is 307 g/mol. The number of rotatable bonds is 6. The van der Waals surface area contributed by atoms with Gasteiger partial charge in [0, 0.05) is 24.5 Å². The first kappa shape index (κ1) is 18.4. The number of carbonyl (C=O) groups is 2. The second kappa shape index (κ2) is 7.10. The zero-order valence-electron chi connectivity index (χ0n) is 14.0. The van der Waals surface area contributed by atoms with Crippen LogP contribution in [0.25, 0.3) is 0 Å². The van der Waals surface area contributed by atoms with E-state index in [1.54, 1.807) is 13.8 Å². The first-order chi connectivity index (χ1) is 10.1. The van der Waals surface area contributed by atoms with Gasteiger partial charge in [-0.15, -0.1) is 0 Å². The van der Waals surface area contributed by atoms with Crippen molar-refractivity contribution in [3.05, 3.63) is 6.42 Å². The third-order valence-electron chi connectivity index (χ3n) is 4.42. The molecule has 1 saturated heterocycles. The fourth-order valence-electron chi connectivity index (χ4n) is 2.42. The summed E-state index contributed by atoms with van der Waals surface area (Å²) >= 11 is 0. The van der Waals surface area contributed by atoms with Crippen molar-refractivity contribution in [3.63, 3.8) is 0 Å². The van der Waals surface area contributed by atoms with Crippen LogP contribution in [0, 0.1) is 23.2 Å². The van der Waals surface area contributed by atoms with E-state index < -0.39 is 16.9 Å². The van der Waals surface area contributed by atoms with Crippen molar-refractivity contribution in [2.24, 2.45) is 11.1 Å². The minimum Gasteiger partial charge on any atom is -0.369 e.